The molecule has 27 heavy (non-hydrogen) atoms. The molecule has 0 aliphatic carbocycles. The zero-order valence-corrected chi connectivity index (χ0v) is 15.0. The molecule has 2 fully saturated rings. The van der Waals surface area contributed by atoms with Crippen LogP contribution in [0, 0.1) is 11.6 Å². The molecule has 0 bridgehead atoms. The minimum atomic E-state index is -0.870. The van der Waals surface area contributed by atoms with Crippen molar-refractivity contribution >= 4 is 5.91 Å². The molecule has 0 saturated carbocycles. The van der Waals surface area contributed by atoms with E-state index in [0.717, 1.165) is 12.6 Å². The highest BCUT2D eigenvalue weighted by Gasteiger charge is 2.49. The van der Waals surface area contributed by atoms with Crippen LogP contribution in [0.3, 0.4) is 0 Å². The lowest BCUT2D eigenvalue weighted by molar-refractivity contribution is -0.122. The first-order valence-corrected chi connectivity index (χ1v) is 9.16. The normalized spacial score (nSPS) is 26.1. The van der Waals surface area contributed by atoms with Gasteiger partial charge in [-0.05, 0) is 23.3 Å². The number of amides is 1. The van der Waals surface area contributed by atoms with Crippen molar-refractivity contribution in [1.82, 2.24) is 10.2 Å². The predicted molar refractivity (Wildman–Crippen MR) is 97.1 cm³/mol. The summed E-state index contributed by atoms with van der Waals surface area (Å²) in [4.78, 5) is 14.5. The van der Waals surface area contributed by atoms with E-state index in [0.29, 0.717) is 38.3 Å². The van der Waals surface area contributed by atoms with E-state index in [4.69, 9.17) is 4.74 Å². The summed E-state index contributed by atoms with van der Waals surface area (Å²) >= 11 is 0. The molecule has 2 atom stereocenters. The predicted octanol–water partition coefficient (Wildman–Crippen LogP) is 2.84. The van der Waals surface area contributed by atoms with Crippen LogP contribution >= 0.6 is 0 Å². The van der Waals surface area contributed by atoms with Gasteiger partial charge in [-0.15, -0.1) is 0 Å². The molecular formula is C21H22F2N2O2. The van der Waals surface area contributed by atoms with Crippen LogP contribution < -0.4 is 5.32 Å². The van der Waals surface area contributed by atoms with E-state index in [9.17, 15) is 13.6 Å². The fourth-order valence-corrected chi connectivity index (χ4v) is 4.19. The summed E-state index contributed by atoms with van der Waals surface area (Å²) in [5.74, 6) is -1.99. The van der Waals surface area contributed by atoms with Crippen LogP contribution in [0.2, 0.25) is 0 Å². The molecule has 4 nitrogen and oxygen atoms in total. The van der Waals surface area contributed by atoms with E-state index in [-0.39, 0.29) is 11.8 Å². The number of rotatable bonds is 3. The summed E-state index contributed by atoms with van der Waals surface area (Å²) in [5, 5.41) is 3.13. The van der Waals surface area contributed by atoms with Gasteiger partial charge in [0.15, 0.2) is 11.6 Å². The third kappa shape index (κ3) is 3.73. The Morgan fingerprint density at radius 3 is 2.74 bits per heavy atom. The van der Waals surface area contributed by atoms with Gasteiger partial charge in [-0.25, -0.2) is 8.78 Å². The summed E-state index contributed by atoms with van der Waals surface area (Å²) in [5.41, 5.74) is 1.20. The largest absolute Gasteiger partial charge is 0.378 e. The average molecular weight is 372 g/mol. The van der Waals surface area contributed by atoms with E-state index < -0.39 is 17.2 Å². The van der Waals surface area contributed by atoms with E-state index >= 15 is 0 Å². The maximum atomic E-state index is 13.9. The Balaban J connectivity index is 1.66. The van der Waals surface area contributed by atoms with Crippen LogP contribution in [0.25, 0.3) is 0 Å². The third-order valence-electron chi connectivity index (χ3n) is 5.43. The van der Waals surface area contributed by atoms with Gasteiger partial charge >= 0.3 is 0 Å². The summed E-state index contributed by atoms with van der Waals surface area (Å²) < 4.78 is 33.0. The molecule has 1 amide bonds. The number of carbonyl (C=O) groups is 1. The van der Waals surface area contributed by atoms with E-state index in [2.05, 4.69) is 22.3 Å². The molecule has 4 rings (SSSR count). The second kappa shape index (κ2) is 7.37. The average Bonchev–Trinajstić information content (AvgIpc) is 2.87. The molecule has 0 radical (unpaired) electrons. The van der Waals surface area contributed by atoms with Crippen molar-refractivity contribution in [3.05, 3.63) is 71.3 Å². The fourth-order valence-electron chi connectivity index (χ4n) is 4.19. The number of nitrogens with zero attached hydrogens (tertiary/aromatic N) is 1. The maximum Gasteiger partial charge on any atom is 0.222 e. The molecule has 6 heteroatoms. The first kappa shape index (κ1) is 18.1. The second-order valence-electron chi connectivity index (χ2n) is 7.39. The molecule has 0 aromatic heterocycles. The molecule has 1 spiro atoms. The summed E-state index contributed by atoms with van der Waals surface area (Å²) in [6.07, 6.45) is 0.310. The number of nitrogens with one attached hydrogen (secondary N) is 1. The quantitative estimate of drug-likeness (QED) is 0.901. The van der Waals surface area contributed by atoms with Gasteiger partial charge in [0.2, 0.25) is 5.91 Å². The molecule has 2 aromatic carbocycles. The minimum absolute atomic E-state index is 0.0679. The highest BCUT2D eigenvalue weighted by Crippen LogP contribution is 2.38. The standard InChI is InChI=1S/C21H22F2N2O2/c22-18-7-6-16(10-19(18)23)17-12-25(11-15-4-2-1-3-5-15)13-21(17)14-27-9-8-20(26)24-21/h1-7,10,17H,8-9,11-14H2,(H,24,26)/t17-,21-/m0/s1. The van der Waals surface area contributed by atoms with Gasteiger partial charge in [-0.2, -0.15) is 0 Å². The summed E-state index contributed by atoms with van der Waals surface area (Å²) in [7, 11) is 0. The topological polar surface area (TPSA) is 41.6 Å². The number of hydrogen-bond donors (Lipinski definition) is 1. The Morgan fingerprint density at radius 2 is 1.96 bits per heavy atom. The van der Waals surface area contributed by atoms with Crippen LogP contribution in [0.5, 0.6) is 0 Å². The zero-order valence-electron chi connectivity index (χ0n) is 15.0. The SMILES string of the molecule is O=C1CCOC[C@]2(CN(Cc3ccccc3)C[C@H]2c2ccc(F)c(F)c2)N1. The number of carbonyl (C=O) groups excluding carboxylic acids is 1. The van der Waals surface area contributed by atoms with Gasteiger partial charge in [-0.3, -0.25) is 9.69 Å². The van der Waals surface area contributed by atoms with E-state index in [1.165, 1.54) is 11.6 Å². The smallest absolute Gasteiger partial charge is 0.222 e. The van der Waals surface area contributed by atoms with Gasteiger partial charge in [0.05, 0.1) is 18.8 Å². The van der Waals surface area contributed by atoms with Gasteiger partial charge in [0.1, 0.15) is 0 Å². The van der Waals surface area contributed by atoms with Crippen LogP contribution in [0.15, 0.2) is 48.5 Å². The Hall–Kier alpha value is -2.31. The Morgan fingerprint density at radius 1 is 1.15 bits per heavy atom. The molecule has 2 aromatic rings. The van der Waals surface area contributed by atoms with Crippen molar-refractivity contribution in [2.45, 2.75) is 24.4 Å². The summed E-state index contributed by atoms with van der Waals surface area (Å²) in [6, 6.07) is 14.1. The van der Waals surface area contributed by atoms with Crippen molar-refractivity contribution in [1.29, 1.82) is 0 Å². The van der Waals surface area contributed by atoms with Crippen molar-refractivity contribution in [3.8, 4) is 0 Å². The molecule has 1 N–H and O–H groups in total. The second-order valence-corrected chi connectivity index (χ2v) is 7.39. The van der Waals surface area contributed by atoms with E-state index in [1.54, 1.807) is 6.07 Å². The fraction of sp³-hybridized carbons (Fsp3) is 0.381. The van der Waals surface area contributed by atoms with E-state index in [1.807, 2.05) is 18.2 Å². The van der Waals surface area contributed by atoms with Crippen LogP contribution in [0.4, 0.5) is 8.78 Å². The first-order valence-electron chi connectivity index (χ1n) is 9.16. The van der Waals surface area contributed by atoms with Gasteiger partial charge in [-0.1, -0.05) is 36.4 Å². The maximum absolute atomic E-state index is 13.9. The number of benzene rings is 2. The number of ether oxygens (including phenoxy) is 1. The van der Waals surface area contributed by atoms with Crippen LogP contribution in [0.1, 0.15) is 23.5 Å². The molecule has 2 saturated heterocycles. The Kier molecular flexibility index (Phi) is 4.93. The van der Waals surface area contributed by atoms with Gasteiger partial charge in [0, 0.05) is 32.0 Å². The monoisotopic (exact) mass is 372 g/mol. The lowest BCUT2D eigenvalue weighted by Crippen LogP contribution is -2.55. The zero-order chi connectivity index (χ0) is 18.9. The highest BCUT2D eigenvalue weighted by molar-refractivity contribution is 5.77. The molecule has 2 aliphatic heterocycles. The van der Waals surface area contributed by atoms with Crippen LogP contribution in [-0.4, -0.2) is 42.6 Å². The highest BCUT2D eigenvalue weighted by atomic mass is 19.2. The minimum Gasteiger partial charge on any atom is -0.378 e. The lowest BCUT2D eigenvalue weighted by Gasteiger charge is -2.34. The summed E-state index contributed by atoms with van der Waals surface area (Å²) in [6.45, 7) is 2.67. The molecule has 0 unspecified atom stereocenters. The van der Waals surface area contributed by atoms with Gasteiger partial charge < -0.3 is 10.1 Å². The van der Waals surface area contributed by atoms with Gasteiger partial charge in [0.25, 0.3) is 0 Å². The van der Waals surface area contributed by atoms with Crippen molar-refractivity contribution in [2.75, 3.05) is 26.3 Å². The Bertz CT molecular complexity index is 830. The number of likely N-dealkylation sites (tertiary alicyclic amines) is 1. The molecule has 2 heterocycles. The van der Waals surface area contributed by atoms with Crippen molar-refractivity contribution < 1.29 is 18.3 Å². The van der Waals surface area contributed by atoms with Crippen molar-refractivity contribution in [3.63, 3.8) is 0 Å². The number of halogens is 2. The lowest BCUT2D eigenvalue weighted by atomic mass is 9.82. The molecule has 142 valence electrons. The van der Waals surface area contributed by atoms with Crippen molar-refractivity contribution in [2.24, 2.45) is 0 Å². The first-order chi connectivity index (χ1) is 13.1. The Labute approximate surface area is 157 Å². The third-order valence-corrected chi connectivity index (χ3v) is 5.43. The van der Waals surface area contributed by atoms with Crippen LogP contribution in [-0.2, 0) is 16.1 Å². The number of hydrogen-bond acceptors (Lipinski definition) is 3. The molecular weight excluding hydrogens is 350 g/mol. The molecule has 2 aliphatic rings.